The van der Waals surface area contributed by atoms with Gasteiger partial charge in [-0.2, -0.15) is 4.40 Å². The summed E-state index contributed by atoms with van der Waals surface area (Å²) in [4.78, 5) is 0. The zero-order valence-corrected chi connectivity index (χ0v) is 7.34. The van der Waals surface area contributed by atoms with Crippen LogP contribution < -0.4 is 0 Å². The fraction of sp³-hybridized carbons (Fsp3) is 0.286. The average Bonchev–Trinajstić information content (AvgIpc) is 2.31. The van der Waals surface area contributed by atoms with Gasteiger partial charge in [0.2, 0.25) is 0 Å². The van der Waals surface area contributed by atoms with Gasteiger partial charge in [0, 0.05) is 37.5 Å². The van der Waals surface area contributed by atoms with E-state index in [1.54, 1.807) is 12.5 Å². The summed E-state index contributed by atoms with van der Waals surface area (Å²) >= 11 is 0. The number of hydrogen-bond acceptors (Lipinski definition) is 1. The topological polar surface area (TPSA) is 34.4 Å². The lowest BCUT2D eigenvalue weighted by Gasteiger charge is -1.83. The van der Waals surface area contributed by atoms with Gasteiger partial charge in [0.05, 0.1) is 0 Å². The molecule has 0 aliphatic heterocycles. The summed E-state index contributed by atoms with van der Waals surface area (Å²) in [7, 11) is 0.834. The van der Waals surface area contributed by atoms with E-state index in [1.165, 1.54) is 0 Å². The first-order chi connectivity index (χ1) is 5.18. The molecule has 0 N–H and O–H groups in total. The third-order valence-corrected chi connectivity index (χ3v) is 1.61. The second kappa shape index (κ2) is 3.48. The maximum absolute atomic E-state index is 10.5. The minimum Gasteiger partial charge on any atom is -0.357 e. The lowest BCUT2D eigenvalue weighted by atomic mass is 10.4. The lowest BCUT2D eigenvalue weighted by molar-refractivity contribution is 0.688. The fourth-order valence-corrected chi connectivity index (χ4v) is 1.01. The molecule has 11 heavy (non-hydrogen) atoms. The summed E-state index contributed by atoms with van der Waals surface area (Å²) in [5.41, 5.74) is 0.975. The van der Waals surface area contributed by atoms with Gasteiger partial charge in [0.1, 0.15) is 11.0 Å². The van der Waals surface area contributed by atoms with Crippen LogP contribution in [0.5, 0.6) is 0 Å². The van der Waals surface area contributed by atoms with Crippen molar-refractivity contribution in [3.63, 3.8) is 0 Å². The maximum atomic E-state index is 10.5. The van der Waals surface area contributed by atoms with Crippen LogP contribution in [0, 0.1) is 0 Å². The van der Waals surface area contributed by atoms with E-state index < -0.39 is 11.0 Å². The van der Waals surface area contributed by atoms with Crippen LogP contribution in [0.3, 0.4) is 0 Å². The minimum absolute atomic E-state index is 0.975. The summed E-state index contributed by atoms with van der Waals surface area (Å²) in [5.74, 6) is 0. The molecule has 1 heterocycles. The van der Waals surface area contributed by atoms with Crippen molar-refractivity contribution in [3.8, 4) is 0 Å². The van der Waals surface area contributed by atoms with E-state index in [-0.39, 0.29) is 0 Å². The molecule has 0 aliphatic carbocycles. The molecule has 3 nitrogen and oxygen atoms in total. The number of nitrogens with zero attached hydrogens (tertiary/aromatic N) is 2. The van der Waals surface area contributed by atoms with Gasteiger partial charge in [0.25, 0.3) is 0 Å². The standard InChI is InChI=1S/C7H10N2OS/c1-9-4-3-7(6-9)5-8-11(2)10/h3-6H,1-2H3/b8-5+. The van der Waals surface area contributed by atoms with E-state index in [0.717, 1.165) is 5.56 Å². The highest BCUT2D eigenvalue weighted by atomic mass is 32.2. The highest BCUT2D eigenvalue weighted by Crippen LogP contribution is 1.95. The largest absolute Gasteiger partial charge is 0.357 e. The molecule has 1 aromatic rings. The molecule has 1 unspecified atom stereocenters. The van der Waals surface area contributed by atoms with Crippen LogP contribution in [-0.4, -0.2) is 21.2 Å². The zero-order valence-electron chi connectivity index (χ0n) is 6.52. The zero-order chi connectivity index (χ0) is 8.27. The van der Waals surface area contributed by atoms with Crippen LogP contribution >= 0.6 is 0 Å². The molecule has 0 aliphatic rings. The molecular formula is C7H10N2OS. The second-order valence-electron chi connectivity index (χ2n) is 2.27. The molecule has 0 bridgehead atoms. The van der Waals surface area contributed by atoms with E-state index in [4.69, 9.17) is 0 Å². The third-order valence-electron chi connectivity index (χ3n) is 1.21. The predicted molar refractivity (Wildman–Crippen MR) is 47.1 cm³/mol. The van der Waals surface area contributed by atoms with Gasteiger partial charge >= 0.3 is 0 Å². The van der Waals surface area contributed by atoms with E-state index >= 15 is 0 Å². The van der Waals surface area contributed by atoms with E-state index in [9.17, 15) is 4.21 Å². The van der Waals surface area contributed by atoms with Gasteiger partial charge in [-0.15, -0.1) is 0 Å². The number of hydrogen-bond donors (Lipinski definition) is 0. The quantitative estimate of drug-likeness (QED) is 0.603. The molecule has 0 aromatic carbocycles. The normalized spacial score (nSPS) is 14.0. The van der Waals surface area contributed by atoms with Crippen LogP contribution in [0.25, 0.3) is 0 Å². The van der Waals surface area contributed by atoms with E-state index in [2.05, 4.69) is 4.40 Å². The Balaban J connectivity index is 2.71. The van der Waals surface area contributed by atoms with Crippen LogP contribution in [0.2, 0.25) is 0 Å². The Morgan fingerprint density at radius 3 is 2.91 bits per heavy atom. The van der Waals surface area contributed by atoms with Gasteiger partial charge in [-0.25, -0.2) is 4.21 Å². The number of aryl methyl sites for hydroxylation is 1. The van der Waals surface area contributed by atoms with Gasteiger partial charge in [-0.3, -0.25) is 0 Å². The number of rotatable bonds is 2. The first-order valence-corrected chi connectivity index (χ1v) is 4.69. The smallest absolute Gasteiger partial charge is 0.136 e. The maximum Gasteiger partial charge on any atom is 0.136 e. The van der Waals surface area contributed by atoms with Crippen molar-refractivity contribution in [2.24, 2.45) is 11.4 Å². The molecule has 0 saturated carbocycles. The second-order valence-corrected chi connectivity index (χ2v) is 3.33. The number of aromatic nitrogens is 1. The minimum atomic E-state index is -1.10. The van der Waals surface area contributed by atoms with Crippen molar-refractivity contribution in [1.29, 1.82) is 0 Å². The van der Waals surface area contributed by atoms with Crippen LogP contribution in [0.4, 0.5) is 0 Å². The lowest BCUT2D eigenvalue weighted by Crippen LogP contribution is -1.82. The van der Waals surface area contributed by atoms with Crippen molar-refractivity contribution < 1.29 is 4.21 Å². The molecule has 0 spiro atoms. The molecule has 1 rings (SSSR count). The highest BCUT2D eigenvalue weighted by molar-refractivity contribution is 7.83. The Bertz CT molecular complexity index is 290. The summed E-state index contributed by atoms with van der Waals surface area (Å²) in [6, 6.07) is 1.91. The molecule has 1 aromatic heterocycles. The Labute approximate surface area is 68.4 Å². The van der Waals surface area contributed by atoms with Crippen molar-refractivity contribution in [2.45, 2.75) is 0 Å². The Hall–Kier alpha value is -0.900. The van der Waals surface area contributed by atoms with Crippen molar-refractivity contribution in [2.75, 3.05) is 6.26 Å². The summed E-state index contributed by atoms with van der Waals surface area (Å²) < 4.78 is 16.2. The summed E-state index contributed by atoms with van der Waals surface area (Å²) in [6.45, 7) is 0. The molecule has 0 amide bonds. The van der Waals surface area contributed by atoms with Gasteiger partial charge in [0.15, 0.2) is 0 Å². The molecule has 4 heteroatoms. The molecular weight excluding hydrogens is 160 g/mol. The van der Waals surface area contributed by atoms with Crippen molar-refractivity contribution >= 4 is 17.2 Å². The summed E-state index contributed by atoms with van der Waals surface area (Å²) in [5, 5.41) is 0. The van der Waals surface area contributed by atoms with Crippen molar-refractivity contribution in [3.05, 3.63) is 24.0 Å². The predicted octanol–water partition coefficient (Wildman–Crippen LogP) is 0.738. The Morgan fingerprint density at radius 1 is 1.73 bits per heavy atom. The highest BCUT2D eigenvalue weighted by Gasteiger charge is 1.88. The Morgan fingerprint density at radius 2 is 2.45 bits per heavy atom. The molecule has 1 atom stereocenters. The monoisotopic (exact) mass is 170 g/mol. The SMILES string of the molecule is Cn1ccc(/C=N/S(C)=O)c1. The van der Waals surface area contributed by atoms with Gasteiger partial charge in [-0.1, -0.05) is 0 Å². The van der Waals surface area contributed by atoms with Gasteiger partial charge < -0.3 is 4.57 Å². The van der Waals surface area contributed by atoms with Crippen LogP contribution in [0.15, 0.2) is 22.9 Å². The van der Waals surface area contributed by atoms with Crippen LogP contribution in [-0.2, 0) is 18.0 Å². The molecule has 0 radical (unpaired) electrons. The summed E-state index contributed by atoms with van der Waals surface area (Å²) in [6.07, 6.45) is 6.98. The average molecular weight is 170 g/mol. The first-order valence-electron chi connectivity index (χ1n) is 3.18. The van der Waals surface area contributed by atoms with E-state index in [0.29, 0.717) is 0 Å². The van der Waals surface area contributed by atoms with Crippen LogP contribution in [0.1, 0.15) is 5.56 Å². The van der Waals surface area contributed by atoms with Crippen molar-refractivity contribution in [1.82, 2.24) is 4.57 Å². The fourth-order valence-electron chi connectivity index (χ4n) is 0.736. The molecule has 0 fully saturated rings. The van der Waals surface area contributed by atoms with Gasteiger partial charge in [-0.05, 0) is 6.07 Å². The first kappa shape index (κ1) is 8.20. The third kappa shape index (κ3) is 2.67. The van der Waals surface area contributed by atoms with E-state index in [1.807, 2.05) is 30.1 Å². The molecule has 0 saturated heterocycles. The Kier molecular flexibility index (Phi) is 2.59. The molecule has 60 valence electrons.